The average molecular weight is 212 g/mol. The molecule has 0 bridgehead atoms. The van der Waals surface area contributed by atoms with Crippen LogP contribution in [0.4, 0.5) is 0 Å². The van der Waals surface area contributed by atoms with Gasteiger partial charge in [0, 0.05) is 0 Å². The highest BCUT2D eigenvalue weighted by atomic mass is 31.2. The fourth-order valence-electron chi connectivity index (χ4n) is 0.867. The molecule has 0 amide bonds. The zero-order valence-corrected chi connectivity index (χ0v) is 8.99. The maximum Gasteiger partial charge on any atom is 0.328 e. The van der Waals surface area contributed by atoms with Gasteiger partial charge in [0.15, 0.2) is 0 Å². The summed E-state index contributed by atoms with van der Waals surface area (Å²) in [6.07, 6.45) is -0.624. The molecule has 0 aromatic rings. The minimum atomic E-state index is -4.13. The maximum absolute atomic E-state index is 10.7. The van der Waals surface area contributed by atoms with Crippen LogP contribution in [0.3, 0.4) is 0 Å². The van der Waals surface area contributed by atoms with Crippen LogP contribution in [0.5, 0.6) is 0 Å². The lowest BCUT2D eigenvalue weighted by Crippen LogP contribution is -2.33. The minimum Gasteiger partial charge on any atom is -0.324 e. The molecule has 13 heavy (non-hydrogen) atoms. The van der Waals surface area contributed by atoms with Gasteiger partial charge in [0.05, 0.1) is 6.16 Å². The van der Waals surface area contributed by atoms with Gasteiger partial charge in [0.25, 0.3) is 0 Å². The summed E-state index contributed by atoms with van der Waals surface area (Å²) in [6.45, 7) is 5.43. The molecule has 0 aliphatic rings. The smallest absolute Gasteiger partial charge is 0.324 e. The fourth-order valence-corrected chi connectivity index (χ4v) is 1.86. The molecular formula is C7H17O5P. The molecule has 5 nitrogen and oxygen atoms in total. The van der Waals surface area contributed by atoms with Crippen molar-refractivity contribution in [3.05, 3.63) is 0 Å². The van der Waals surface area contributed by atoms with E-state index in [9.17, 15) is 4.57 Å². The zero-order valence-electron chi connectivity index (χ0n) is 8.10. The van der Waals surface area contributed by atoms with Crippen molar-refractivity contribution in [2.45, 2.75) is 33.3 Å². The third kappa shape index (κ3) is 4.74. The quantitative estimate of drug-likeness (QED) is 0.365. The van der Waals surface area contributed by atoms with Gasteiger partial charge in [-0.25, -0.2) is 4.89 Å². The molecule has 3 N–H and O–H groups in total. The van der Waals surface area contributed by atoms with Gasteiger partial charge in [0.1, 0.15) is 6.10 Å². The monoisotopic (exact) mass is 212 g/mol. The second-order valence-corrected chi connectivity index (χ2v) is 5.48. The highest BCUT2D eigenvalue weighted by Gasteiger charge is 2.34. The average Bonchev–Trinajstić information content (AvgIpc) is 1.98. The van der Waals surface area contributed by atoms with Gasteiger partial charge in [-0.05, 0) is 11.8 Å². The van der Waals surface area contributed by atoms with Crippen molar-refractivity contribution in [1.29, 1.82) is 0 Å². The Bertz CT molecular complexity index is 197. The van der Waals surface area contributed by atoms with Crippen LogP contribution in [0.1, 0.15) is 27.2 Å². The second-order valence-electron chi connectivity index (χ2n) is 3.78. The molecule has 1 atom stereocenters. The Morgan fingerprint density at radius 1 is 1.46 bits per heavy atom. The molecule has 0 saturated heterocycles. The van der Waals surface area contributed by atoms with Crippen LogP contribution < -0.4 is 0 Å². The Kier molecular flexibility index (Phi) is 4.55. The first-order chi connectivity index (χ1) is 5.73. The molecule has 6 heteroatoms. The molecule has 80 valence electrons. The normalized spacial score (nSPS) is 15.8. The van der Waals surface area contributed by atoms with E-state index in [1.54, 1.807) is 13.8 Å². The third-order valence-corrected chi connectivity index (χ3v) is 3.12. The molecule has 0 rings (SSSR count). The third-order valence-electron chi connectivity index (χ3n) is 2.31. The summed E-state index contributed by atoms with van der Waals surface area (Å²) in [7, 11) is -4.13. The van der Waals surface area contributed by atoms with E-state index in [2.05, 4.69) is 4.89 Å². The maximum atomic E-state index is 10.7. The Morgan fingerprint density at radius 3 is 2.15 bits per heavy atom. The molecule has 1 unspecified atom stereocenters. The molecule has 0 spiro atoms. The molecule has 0 aromatic carbocycles. The predicted octanol–water partition coefficient (Wildman–Crippen LogP) is 1.46. The number of hydrogen-bond acceptors (Lipinski definition) is 3. The van der Waals surface area contributed by atoms with Crippen LogP contribution in [-0.2, 0) is 9.45 Å². The first kappa shape index (κ1) is 13.1. The van der Waals surface area contributed by atoms with E-state index in [1.807, 2.05) is 6.92 Å². The van der Waals surface area contributed by atoms with Gasteiger partial charge >= 0.3 is 7.60 Å². The largest absolute Gasteiger partial charge is 0.328 e. The predicted molar refractivity (Wildman–Crippen MR) is 48.5 cm³/mol. The fraction of sp³-hybridized carbons (Fsp3) is 1.00. The van der Waals surface area contributed by atoms with Gasteiger partial charge in [-0.3, -0.25) is 9.82 Å². The summed E-state index contributed by atoms with van der Waals surface area (Å²) < 4.78 is 10.7. The molecule has 0 aromatic heterocycles. The van der Waals surface area contributed by atoms with Crippen molar-refractivity contribution in [2.75, 3.05) is 6.16 Å². The van der Waals surface area contributed by atoms with Crippen molar-refractivity contribution < 1.29 is 24.5 Å². The molecule has 0 heterocycles. The summed E-state index contributed by atoms with van der Waals surface area (Å²) >= 11 is 0. The SMILES string of the molecule is CCC(C)(C)C(CP(=O)(O)O)OO. The lowest BCUT2D eigenvalue weighted by molar-refractivity contribution is -0.295. The van der Waals surface area contributed by atoms with Crippen LogP contribution >= 0.6 is 7.60 Å². The summed E-state index contributed by atoms with van der Waals surface area (Å²) in [5.74, 6) is 0. The summed E-state index contributed by atoms with van der Waals surface area (Å²) in [6, 6.07) is 0. The van der Waals surface area contributed by atoms with Crippen molar-refractivity contribution >= 4 is 7.60 Å². The van der Waals surface area contributed by atoms with Gasteiger partial charge < -0.3 is 9.79 Å². The van der Waals surface area contributed by atoms with Crippen molar-refractivity contribution in [3.63, 3.8) is 0 Å². The Labute approximate surface area is 77.8 Å². The van der Waals surface area contributed by atoms with Crippen LogP contribution in [0.25, 0.3) is 0 Å². The van der Waals surface area contributed by atoms with Crippen LogP contribution in [0.2, 0.25) is 0 Å². The zero-order chi connectivity index (χ0) is 10.7. The van der Waals surface area contributed by atoms with Crippen LogP contribution in [-0.4, -0.2) is 27.3 Å². The molecule has 0 fully saturated rings. The van der Waals surface area contributed by atoms with Crippen LogP contribution in [0, 0.1) is 5.41 Å². The molecule has 0 radical (unpaired) electrons. The molecular weight excluding hydrogens is 195 g/mol. The first-order valence-corrected chi connectivity index (χ1v) is 5.87. The van der Waals surface area contributed by atoms with Crippen LogP contribution in [0.15, 0.2) is 0 Å². The van der Waals surface area contributed by atoms with E-state index in [-0.39, 0.29) is 0 Å². The second kappa shape index (κ2) is 4.53. The van der Waals surface area contributed by atoms with E-state index in [1.165, 1.54) is 0 Å². The minimum absolute atomic E-state index is 0.449. The van der Waals surface area contributed by atoms with Crippen molar-refractivity contribution in [1.82, 2.24) is 0 Å². The summed E-state index contributed by atoms with van der Waals surface area (Å²) in [4.78, 5) is 21.5. The molecule has 0 aliphatic carbocycles. The first-order valence-electron chi connectivity index (χ1n) is 4.07. The van der Waals surface area contributed by atoms with Crippen molar-refractivity contribution in [3.8, 4) is 0 Å². The summed E-state index contributed by atoms with van der Waals surface area (Å²) in [5.41, 5.74) is -0.449. The van der Waals surface area contributed by atoms with Gasteiger partial charge in [-0.1, -0.05) is 20.8 Å². The number of rotatable bonds is 5. The topological polar surface area (TPSA) is 87.0 Å². The van der Waals surface area contributed by atoms with E-state index >= 15 is 0 Å². The standard InChI is InChI=1S/C7H17O5P/c1-4-7(2,3)6(12-8)5-13(9,10)11/h6,8H,4-5H2,1-3H3,(H2,9,10,11). The van der Waals surface area contributed by atoms with E-state index in [0.29, 0.717) is 6.42 Å². The lowest BCUT2D eigenvalue weighted by Gasteiger charge is -2.30. The molecule has 0 saturated carbocycles. The Hall–Kier alpha value is 0.0700. The van der Waals surface area contributed by atoms with E-state index < -0.39 is 25.3 Å². The molecule has 0 aliphatic heterocycles. The van der Waals surface area contributed by atoms with Crippen molar-refractivity contribution in [2.24, 2.45) is 5.41 Å². The van der Waals surface area contributed by atoms with E-state index in [0.717, 1.165) is 0 Å². The number of hydrogen-bond donors (Lipinski definition) is 3. The van der Waals surface area contributed by atoms with Gasteiger partial charge in [-0.15, -0.1) is 0 Å². The highest BCUT2D eigenvalue weighted by molar-refractivity contribution is 7.51. The Morgan fingerprint density at radius 2 is 1.92 bits per heavy atom. The highest BCUT2D eigenvalue weighted by Crippen LogP contribution is 2.41. The van der Waals surface area contributed by atoms with E-state index in [4.69, 9.17) is 15.0 Å². The lowest BCUT2D eigenvalue weighted by atomic mass is 9.85. The Balaban J connectivity index is 4.44. The van der Waals surface area contributed by atoms with Gasteiger partial charge in [0.2, 0.25) is 0 Å². The summed E-state index contributed by atoms with van der Waals surface area (Å²) in [5, 5.41) is 8.51. The van der Waals surface area contributed by atoms with Gasteiger partial charge in [-0.2, -0.15) is 0 Å².